The number of hydrogen-bond acceptors (Lipinski definition) is 5. The number of nitrogens with two attached hydrogens (primary N) is 1. The van der Waals surface area contributed by atoms with Gasteiger partial charge < -0.3 is 19.8 Å². The fourth-order valence-electron chi connectivity index (χ4n) is 3.39. The molecule has 2 N–H and O–H groups in total. The van der Waals surface area contributed by atoms with Crippen LogP contribution >= 0.6 is 0 Å². The molecule has 7 heteroatoms. The Bertz CT molecular complexity index is 868. The Labute approximate surface area is 144 Å². The van der Waals surface area contributed by atoms with E-state index in [-0.39, 0.29) is 18.1 Å². The van der Waals surface area contributed by atoms with E-state index < -0.39 is 0 Å². The third kappa shape index (κ3) is 2.98. The van der Waals surface area contributed by atoms with Gasteiger partial charge in [-0.25, -0.2) is 0 Å². The zero-order valence-corrected chi connectivity index (χ0v) is 14.0. The van der Waals surface area contributed by atoms with Gasteiger partial charge in [0, 0.05) is 25.2 Å². The standard InChI is InChI=1S/C18H20N4O3/c1-24-14-9-13(10-21-7-6-17(19)20-21)22(11-14)18(23)16-8-12-4-2-3-5-15(12)25-16/h2-8,13-14H,9-11H2,1H3,(H2,19,20)/t13-,14-/m0/s1. The van der Waals surface area contributed by atoms with E-state index in [1.54, 1.807) is 23.9 Å². The van der Waals surface area contributed by atoms with Crippen LogP contribution in [0, 0.1) is 0 Å². The normalized spacial score (nSPS) is 20.4. The Kier molecular flexibility index (Phi) is 3.93. The molecule has 1 fully saturated rings. The molecule has 1 aliphatic heterocycles. The maximum Gasteiger partial charge on any atom is 0.290 e. The van der Waals surface area contributed by atoms with Crippen LogP contribution in [0.2, 0.25) is 0 Å². The Hall–Kier alpha value is -2.80. The molecule has 25 heavy (non-hydrogen) atoms. The Morgan fingerprint density at radius 3 is 2.96 bits per heavy atom. The minimum absolute atomic E-state index is 0.00578. The minimum atomic E-state index is -0.124. The van der Waals surface area contributed by atoms with Crippen molar-refractivity contribution >= 4 is 22.7 Å². The van der Waals surface area contributed by atoms with Gasteiger partial charge in [0.2, 0.25) is 0 Å². The number of ether oxygens (including phenoxy) is 1. The van der Waals surface area contributed by atoms with Crippen LogP contribution in [-0.4, -0.2) is 46.4 Å². The first-order chi connectivity index (χ1) is 12.1. The lowest BCUT2D eigenvalue weighted by Gasteiger charge is -2.23. The van der Waals surface area contributed by atoms with Crippen LogP contribution in [0.25, 0.3) is 11.0 Å². The predicted molar refractivity (Wildman–Crippen MR) is 93.1 cm³/mol. The molecule has 130 valence electrons. The SMILES string of the molecule is CO[C@H]1C[C@@H](Cn2ccc(N)n2)N(C(=O)c2cc3ccccc3o2)C1. The average molecular weight is 340 g/mol. The van der Waals surface area contributed by atoms with E-state index in [4.69, 9.17) is 14.9 Å². The van der Waals surface area contributed by atoms with Gasteiger partial charge in [-0.3, -0.25) is 9.48 Å². The summed E-state index contributed by atoms with van der Waals surface area (Å²) in [6, 6.07) is 11.1. The quantitative estimate of drug-likeness (QED) is 0.786. The molecule has 0 unspecified atom stereocenters. The average Bonchev–Trinajstić information content (AvgIpc) is 3.32. The number of hydrogen-bond donors (Lipinski definition) is 1. The molecule has 1 aliphatic rings. The molecule has 1 amide bonds. The number of carbonyl (C=O) groups excluding carboxylic acids is 1. The van der Waals surface area contributed by atoms with E-state index in [2.05, 4.69) is 5.10 Å². The van der Waals surface area contributed by atoms with Gasteiger partial charge in [-0.2, -0.15) is 5.10 Å². The molecule has 4 rings (SSSR count). The summed E-state index contributed by atoms with van der Waals surface area (Å²) in [5.74, 6) is 0.695. The Morgan fingerprint density at radius 1 is 1.40 bits per heavy atom. The zero-order valence-electron chi connectivity index (χ0n) is 14.0. The van der Waals surface area contributed by atoms with Gasteiger partial charge in [0.1, 0.15) is 11.4 Å². The van der Waals surface area contributed by atoms with E-state index in [1.807, 2.05) is 35.4 Å². The molecular weight excluding hydrogens is 320 g/mol. The molecule has 2 atom stereocenters. The molecule has 0 bridgehead atoms. The van der Waals surface area contributed by atoms with Crippen molar-refractivity contribution in [3.8, 4) is 0 Å². The minimum Gasteiger partial charge on any atom is -0.451 e. The smallest absolute Gasteiger partial charge is 0.290 e. The fraction of sp³-hybridized carbons (Fsp3) is 0.333. The largest absolute Gasteiger partial charge is 0.451 e. The van der Waals surface area contributed by atoms with Crippen LogP contribution in [0.4, 0.5) is 5.82 Å². The van der Waals surface area contributed by atoms with Gasteiger partial charge in [0.15, 0.2) is 5.76 Å². The van der Waals surface area contributed by atoms with Crippen molar-refractivity contribution in [2.24, 2.45) is 0 Å². The summed E-state index contributed by atoms with van der Waals surface area (Å²) >= 11 is 0. The molecule has 0 saturated carbocycles. The van der Waals surface area contributed by atoms with Crippen LogP contribution in [0.1, 0.15) is 17.0 Å². The summed E-state index contributed by atoms with van der Waals surface area (Å²) in [6.45, 7) is 1.11. The van der Waals surface area contributed by atoms with Gasteiger partial charge >= 0.3 is 0 Å². The predicted octanol–water partition coefficient (Wildman–Crippen LogP) is 2.14. The van der Waals surface area contributed by atoms with Crippen molar-refractivity contribution in [1.82, 2.24) is 14.7 Å². The monoisotopic (exact) mass is 340 g/mol. The zero-order chi connectivity index (χ0) is 17.4. The number of fused-ring (bicyclic) bond motifs is 1. The van der Waals surface area contributed by atoms with Gasteiger partial charge in [-0.1, -0.05) is 18.2 Å². The number of anilines is 1. The molecule has 1 saturated heterocycles. The number of furan rings is 1. The maximum absolute atomic E-state index is 13.0. The molecule has 1 aromatic carbocycles. The molecule has 0 radical (unpaired) electrons. The number of carbonyl (C=O) groups is 1. The van der Waals surface area contributed by atoms with Crippen LogP contribution in [0.5, 0.6) is 0 Å². The number of methoxy groups -OCH3 is 1. The number of likely N-dealkylation sites (tertiary alicyclic amines) is 1. The summed E-state index contributed by atoms with van der Waals surface area (Å²) in [5, 5.41) is 5.14. The third-order valence-corrected chi connectivity index (χ3v) is 4.67. The Balaban J connectivity index is 1.59. The first-order valence-corrected chi connectivity index (χ1v) is 8.25. The van der Waals surface area contributed by atoms with Gasteiger partial charge in [-0.15, -0.1) is 0 Å². The molecule has 3 heterocycles. The van der Waals surface area contributed by atoms with Crippen molar-refractivity contribution in [3.05, 3.63) is 48.4 Å². The highest BCUT2D eigenvalue weighted by Gasteiger charge is 2.37. The van der Waals surface area contributed by atoms with Gasteiger partial charge in [0.25, 0.3) is 5.91 Å². The molecule has 7 nitrogen and oxygen atoms in total. The summed E-state index contributed by atoms with van der Waals surface area (Å²) in [7, 11) is 1.67. The van der Waals surface area contributed by atoms with Crippen molar-refractivity contribution in [2.75, 3.05) is 19.4 Å². The summed E-state index contributed by atoms with van der Waals surface area (Å²) in [5.41, 5.74) is 6.40. The van der Waals surface area contributed by atoms with Crippen LogP contribution in [0.3, 0.4) is 0 Å². The number of nitrogens with zero attached hydrogens (tertiary/aromatic N) is 3. The van der Waals surface area contributed by atoms with Crippen molar-refractivity contribution in [3.63, 3.8) is 0 Å². The molecule has 0 aliphatic carbocycles. The number of rotatable bonds is 4. The fourth-order valence-corrected chi connectivity index (χ4v) is 3.39. The number of aromatic nitrogens is 2. The van der Waals surface area contributed by atoms with Crippen LogP contribution in [-0.2, 0) is 11.3 Å². The number of para-hydroxylation sites is 1. The molecule has 3 aromatic rings. The molecular formula is C18H20N4O3. The van der Waals surface area contributed by atoms with Gasteiger partial charge in [-0.05, 0) is 24.6 Å². The van der Waals surface area contributed by atoms with E-state index >= 15 is 0 Å². The van der Waals surface area contributed by atoms with E-state index in [1.165, 1.54) is 0 Å². The number of amides is 1. The second-order valence-electron chi connectivity index (χ2n) is 6.32. The lowest BCUT2D eigenvalue weighted by atomic mass is 10.2. The van der Waals surface area contributed by atoms with E-state index in [0.717, 1.165) is 11.8 Å². The molecule has 0 spiro atoms. The van der Waals surface area contributed by atoms with Crippen molar-refractivity contribution in [1.29, 1.82) is 0 Å². The maximum atomic E-state index is 13.0. The van der Waals surface area contributed by atoms with E-state index in [9.17, 15) is 4.79 Å². The first-order valence-electron chi connectivity index (χ1n) is 8.25. The highest BCUT2D eigenvalue weighted by Crippen LogP contribution is 2.26. The van der Waals surface area contributed by atoms with E-state index in [0.29, 0.717) is 30.3 Å². The lowest BCUT2D eigenvalue weighted by molar-refractivity contribution is 0.0651. The first kappa shape index (κ1) is 15.7. The number of nitrogen functional groups attached to an aromatic ring is 1. The van der Waals surface area contributed by atoms with Crippen LogP contribution in [0.15, 0.2) is 47.0 Å². The third-order valence-electron chi connectivity index (χ3n) is 4.67. The molecule has 2 aromatic heterocycles. The Morgan fingerprint density at radius 2 is 2.24 bits per heavy atom. The summed E-state index contributed by atoms with van der Waals surface area (Å²) in [6.07, 6.45) is 2.58. The van der Waals surface area contributed by atoms with Crippen molar-refractivity contribution < 1.29 is 13.9 Å². The summed E-state index contributed by atoms with van der Waals surface area (Å²) < 4.78 is 13.0. The van der Waals surface area contributed by atoms with Crippen molar-refractivity contribution in [2.45, 2.75) is 25.1 Å². The number of benzene rings is 1. The highest BCUT2D eigenvalue weighted by molar-refractivity contribution is 5.96. The van der Waals surface area contributed by atoms with Gasteiger partial charge in [0.05, 0.1) is 18.7 Å². The highest BCUT2D eigenvalue weighted by atomic mass is 16.5. The lowest BCUT2D eigenvalue weighted by Crippen LogP contribution is -2.38. The second kappa shape index (κ2) is 6.25. The summed E-state index contributed by atoms with van der Waals surface area (Å²) in [4.78, 5) is 14.8. The topological polar surface area (TPSA) is 86.5 Å². The van der Waals surface area contributed by atoms with Crippen LogP contribution < -0.4 is 5.73 Å². The second-order valence-corrected chi connectivity index (χ2v) is 6.32.